The van der Waals surface area contributed by atoms with E-state index in [2.05, 4.69) is 20.9 Å². The van der Waals surface area contributed by atoms with Gasteiger partial charge in [0.05, 0.1) is 12.4 Å². The molecular formula is C18H26N4O5S. The number of aliphatic hydroxyl groups is 1. The van der Waals surface area contributed by atoms with Gasteiger partial charge in [0, 0.05) is 11.4 Å². The Hall–Kier alpha value is -2.43. The number of carbonyl (C=O) groups excluding carboxylic acids is 2. The largest absolute Gasteiger partial charge is 0.480 e. The Morgan fingerprint density at radius 1 is 1.29 bits per heavy atom. The number of carboxylic acids is 1. The number of aliphatic hydroxyl groups excluding tert-OH is 1. The van der Waals surface area contributed by atoms with Crippen LogP contribution in [-0.4, -0.2) is 52.0 Å². The van der Waals surface area contributed by atoms with E-state index in [1.165, 1.54) is 17.8 Å². The number of rotatable bonds is 10. The van der Waals surface area contributed by atoms with Gasteiger partial charge in [-0.15, -0.1) is 11.8 Å². The summed E-state index contributed by atoms with van der Waals surface area (Å²) in [6.07, 6.45) is 3.24. The summed E-state index contributed by atoms with van der Waals surface area (Å²) in [7, 11) is 0. The third-order valence-electron chi connectivity index (χ3n) is 3.74. The van der Waals surface area contributed by atoms with Gasteiger partial charge >= 0.3 is 5.97 Å². The standard InChI is InChI=1S/C18H26N4O5S/c1-5-13(16(24)22-15(10(2)3)18(26)27)21-17(25)14-7-12(28-4)6-11(20-14)8-19-9-23/h5-7,10,15,19,23H,8-9H2,1-4H3,(H,21,25)(H,22,24)(H,26,27)/b13-5-/t15-/m0/s1. The maximum absolute atomic E-state index is 12.6. The molecule has 0 bridgehead atoms. The van der Waals surface area contributed by atoms with Crippen LogP contribution in [0.2, 0.25) is 0 Å². The molecule has 0 radical (unpaired) electrons. The lowest BCUT2D eigenvalue weighted by atomic mass is 10.0. The van der Waals surface area contributed by atoms with Crippen LogP contribution in [0.1, 0.15) is 37.0 Å². The molecule has 1 heterocycles. The van der Waals surface area contributed by atoms with Gasteiger partial charge in [-0.25, -0.2) is 9.78 Å². The van der Waals surface area contributed by atoms with Crippen molar-refractivity contribution in [1.29, 1.82) is 0 Å². The zero-order valence-corrected chi connectivity index (χ0v) is 17.1. The average Bonchev–Trinajstić information content (AvgIpc) is 2.67. The first-order valence-electron chi connectivity index (χ1n) is 8.61. The number of allylic oxidation sites excluding steroid dienone is 1. The third-order valence-corrected chi connectivity index (χ3v) is 4.45. The fraction of sp³-hybridized carbons (Fsp3) is 0.444. The van der Waals surface area contributed by atoms with E-state index in [9.17, 15) is 19.5 Å². The molecule has 10 heteroatoms. The molecule has 1 aromatic rings. The lowest BCUT2D eigenvalue weighted by Crippen LogP contribution is -2.47. The second-order valence-electron chi connectivity index (χ2n) is 6.16. The Bertz CT molecular complexity index is 751. The van der Waals surface area contributed by atoms with Crippen molar-refractivity contribution in [3.8, 4) is 0 Å². The van der Waals surface area contributed by atoms with Gasteiger partial charge in [-0.05, 0) is 31.2 Å². The molecule has 0 aliphatic heterocycles. The van der Waals surface area contributed by atoms with E-state index < -0.39 is 23.8 Å². The summed E-state index contributed by atoms with van der Waals surface area (Å²) in [4.78, 5) is 41.2. The van der Waals surface area contributed by atoms with Crippen molar-refractivity contribution >= 4 is 29.5 Å². The predicted octanol–water partition coefficient (Wildman–Crippen LogP) is 0.702. The van der Waals surface area contributed by atoms with Gasteiger partial charge in [-0.1, -0.05) is 19.9 Å². The van der Waals surface area contributed by atoms with Gasteiger partial charge < -0.3 is 20.8 Å². The van der Waals surface area contributed by atoms with E-state index in [1.54, 1.807) is 32.9 Å². The summed E-state index contributed by atoms with van der Waals surface area (Å²) in [5.41, 5.74) is 0.596. The second kappa shape index (κ2) is 11.4. The van der Waals surface area contributed by atoms with Crippen LogP contribution in [0, 0.1) is 5.92 Å². The first kappa shape index (κ1) is 23.6. The van der Waals surface area contributed by atoms with Crippen LogP contribution in [0.5, 0.6) is 0 Å². The van der Waals surface area contributed by atoms with Crippen molar-refractivity contribution in [3.05, 3.63) is 35.3 Å². The SMILES string of the molecule is C/C=C(\NC(=O)c1cc(SC)cc(CNCO)n1)C(=O)N[C@H](C(=O)O)C(C)C. The molecule has 9 nitrogen and oxygen atoms in total. The third kappa shape index (κ3) is 6.95. The Morgan fingerprint density at radius 3 is 2.46 bits per heavy atom. The Balaban J connectivity index is 2.97. The number of nitrogens with one attached hydrogen (secondary N) is 3. The van der Waals surface area contributed by atoms with Crippen LogP contribution in [0.25, 0.3) is 0 Å². The summed E-state index contributed by atoms with van der Waals surface area (Å²) in [6, 6.07) is 2.29. The monoisotopic (exact) mass is 410 g/mol. The molecule has 2 amide bonds. The summed E-state index contributed by atoms with van der Waals surface area (Å²) >= 11 is 1.42. The number of carbonyl (C=O) groups is 3. The minimum Gasteiger partial charge on any atom is -0.480 e. The quantitative estimate of drug-likeness (QED) is 0.216. The summed E-state index contributed by atoms with van der Waals surface area (Å²) in [6.45, 7) is 4.95. The summed E-state index contributed by atoms with van der Waals surface area (Å²) in [5.74, 6) is -2.77. The number of carboxylic acid groups (broad SMARTS) is 1. The normalized spacial score (nSPS) is 12.6. The molecular weight excluding hydrogens is 384 g/mol. The molecule has 1 aromatic heterocycles. The van der Waals surface area contributed by atoms with E-state index in [0.29, 0.717) is 5.69 Å². The first-order valence-corrected chi connectivity index (χ1v) is 9.83. The van der Waals surface area contributed by atoms with Crippen LogP contribution in [0.15, 0.2) is 28.8 Å². The average molecular weight is 410 g/mol. The van der Waals surface area contributed by atoms with E-state index in [-0.39, 0.29) is 30.6 Å². The van der Waals surface area contributed by atoms with E-state index >= 15 is 0 Å². The fourth-order valence-electron chi connectivity index (χ4n) is 2.25. The molecule has 1 rings (SSSR count). The van der Waals surface area contributed by atoms with Crippen molar-refractivity contribution in [1.82, 2.24) is 20.9 Å². The van der Waals surface area contributed by atoms with Crippen LogP contribution in [0.4, 0.5) is 0 Å². The molecule has 1 atom stereocenters. The van der Waals surface area contributed by atoms with Gasteiger partial charge in [0.15, 0.2) is 0 Å². The summed E-state index contributed by atoms with van der Waals surface area (Å²) in [5, 5.41) is 25.7. The van der Waals surface area contributed by atoms with Crippen LogP contribution in [0.3, 0.4) is 0 Å². The second-order valence-corrected chi connectivity index (χ2v) is 7.04. The first-order chi connectivity index (χ1) is 13.2. The molecule has 154 valence electrons. The molecule has 28 heavy (non-hydrogen) atoms. The Morgan fingerprint density at radius 2 is 1.96 bits per heavy atom. The van der Waals surface area contributed by atoms with Crippen molar-refractivity contribution < 1.29 is 24.6 Å². The molecule has 0 aliphatic rings. The highest BCUT2D eigenvalue weighted by Crippen LogP contribution is 2.17. The van der Waals surface area contributed by atoms with E-state index in [1.807, 2.05) is 6.26 Å². The van der Waals surface area contributed by atoms with E-state index in [0.717, 1.165) is 4.90 Å². The molecule has 0 fully saturated rings. The van der Waals surface area contributed by atoms with Crippen molar-refractivity contribution in [3.63, 3.8) is 0 Å². The topological polar surface area (TPSA) is 141 Å². The zero-order valence-electron chi connectivity index (χ0n) is 16.3. The molecule has 0 aromatic carbocycles. The zero-order chi connectivity index (χ0) is 21.3. The number of hydrogen-bond donors (Lipinski definition) is 5. The molecule has 5 N–H and O–H groups in total. The smallest absolute Gasteiger partial charge is 0.326 e. The predicted molar refractivity (Wildman–Crippen MR) is 106 cm³/mol. The molecule has 0 spiro atoms. The van der Waals surface area contributed by atoms with Crippen LogP contribution >= 0.6 is 11.8 Å². The van der Waals surface area contributed by atoms with Gasteiger partial charge in [-0.3, -0.25) is 14.9 Å². The number of aromatic nitrogens is 1. The van der Waals surface area contributed by atoms with Crippen molar-refractivity contribution in [2.24, 2.45) is 5.92 Å². The number of amides is 2. The maximum Gasteiger partial charge on any atom is 0.326 e. The Kier molecular flexibility index (Phi) is 9.63. The Labute approximate surface area is 168 Å². The van der Waals surface area contributed by atoms with Crippen molar-refractivity contribution in [2.75, 3.05) is 13.0 Å². The minimum absolute atomic E-state index is 0.0664. The van der Waals surface area contributed by atoms with Crippen molar-refractivity contribution in [2.45, 2.75) is 38.3 Å². The number of pyridine rings is 1. The number of aliphatic carboxylic acids is 1. The molecule has 0 saturated heterocycles. The maximum atomic E-state index is 12.6. The lowest BCUT2D eigenvalue weighted by molar-refractivity contribution is -0.142. The van der Waals surface area contributed by atoms with E-state index in [4.69, 9.17) is 5.11 Å². The number of hydrogen-bond acceptors (Lipinski definition) is 7. The van der Waals surface area contributed by atoms with Gasteiger partial charge in [-0.2, -0.15) is 0 Å². The van der Waals surface area contributed by atoms with Gasteiger partial charge in [0.1, 0.15) is 17.4 Å². The fourth-order valence-corrected chi connectivity index (χ4v) is 2.73. The minimum atomic E-state index is -1.15. The summed E-state index contributed by atoms with van der Waals surface area (Å²) < 4.78 is 0. The van der Waals surface area contributed by atoms with Crippen LogP contribution < -0.4 is 16.0 Å². The molecule has 0 aliphatic carbocycles. The van der Waals surface area contributed by atoms with Gasteiger partial charge in [0.2, 0.25) is 0 Å². The van der Waals surface area contributed by atoms with Gasteiger partial charge in [0.25, 0.3) is 11.8 Å². The lowest BCUT2D eigenvalue weighted by Gasteiger charge is -2.19. The highest BCUT2D eigenvalue weighted by molar-refractivity contribution is 7.98. The molecule has 0 saturated carbocycles. The highest BCUT2D eigenvalue weighted by atomic mass is 32.2. The highest BCUT2D eigenvalue weighted by Gasteiger charge is 2.25. The van der Waals surface area contributed by atoms with Crippen LogP contribution in [-0.2, 0) is 16.1 Å². The number of thioether (sulfide) groups is 1. The molecule has 0 unspecified atom stereocenters. The number of nitrogens with zero attached hydrogens (tertiary/aromatic N) is 1.